The van der Waals surface area contributed by atoms with Crippen molar-refractivity contribution in [1.82, 2.24) is 19.9 Å². The lowest BCUT2D eigenvalue weighted by molar-refractivity contribution is -0.140. The van der Waals surface area contributed by atoms with E-state index < -0.39 is 24.0 Å². The first-order chi connectivity index (χ1) is 14.9. The number of amides is 1. The van der Waals surface area contributed by atoms with Crippen molar-refractivity contribution in [2.45, 2.75) is 18.6 Å². The van der Waals surface area contributed by atoms with E-state index in [0.29, 0.717) is 26.3 Å². The summed E-state index contributed by atoms with van der Waals surface area (Å²) in [6.07, 6.45) is -3.36. The maximum atomic E-state index is 13.5. The maximum Gasteiger partial charge on any atom is 0.434 e. The minimum Gasteiger partial charge on any atom is -0.447 e. The molecule has 0 aromatic carbocycles. The number of anilines is 2. The molecule has 13 heteroatoms. The SMILES string of the molecule is O=C1OC[C@H](CCO)N1c1cc(-c2cncnc2C(F)(F)F)nc(N2CCOCC2)n1. The lowest BCUT2D eigenvalue weighted by atomic mass is 10.1. The Morgan fingerprint density at radius 1 is 1.23 bits per heavy atom. The molecule has 2 aliphatic rings. The molecule has 31 heavy (non-hydrogen) atoms. The van der Waals surface area contributed by atoms with Gasteiger partial charge in [-0.1, -0.05) is 0 Å². The van der Waals surface area contributed by atoms with E-state index in [-0.39, 0.29) is 42.7 Å². The minimum absolute atomic E-state index is 0.0356. The molecule has 4 rings (SSSR count). The molecule has 1 atom stereocenters. The molecule has 1 amide bonds. The third kappa shape index (κ3) is 4.37. The molecule has 2 aliphatic heterocycles. The molecule has 2 fully saturated rings. The van der Waals surface area contributed by atoms with Crippen LogP contribution in [-0.4, -0.2) is 76.7 Å². The van der Waals surface area contributed by atoms with E-state index in [1.807, 2.05) is 0 Å². The highest BCUT2D eigenvalue weighted by Crippen LogP contribution is 2.36. The average Bonchev–Trinajstić information content (AvgIpc) is 3.14. The van der Waals surface area contributed by atoms with Gasteiger partial charge in [0.25, 0.3) is 0 Å². The lowest BCUT2D eigenvalue weighted by Gasteiger charge is -2.28. The van der Waals surface area contributed by atoms with E-state index in [0.717, 1.165) is 12.5 Å². The van der Waals surface area contributed by atoms with Gasteiger partial charge in [-0.25, -0.2) is 19.7 Å². The highest BCUT2D eigenvalue weighted by molar-refractivity contribution is 5.90. The van der Waals surface area contributed by atoms with Gasteiger partial charge in [0.1, 0.15) is 18.8 Å². The van der Waals surface area contributed by atoms with Gasteiger partial charge in [0.15, 0.2) is 5.69 Å². The highest BCUT2D eigenvalue weighted by Gasteiger charge is 2.38. The number of aliphatic hydroxyl groups is 1. The summed E-state index contributed by atoms with van der Waals surface area (Å²) in [7, 11) is 0. The number of cyclic esters (lactones) is 1. The van der Waals surface area contributed by atoms with Crippen molar-refractivity contribution in [2.24, 2.45) is 0 Å². The van der Waals surface area contributed by atoms with Crippen LogP contribution in [0.5, 0.6) is 0 Å². The van der Waals surface area contributed by atoms with Gasteiger partial charge in [-0.05, 0) is 6.42 Å². The molecular formula is C18H19F3N6O4. The number of aliphatic hydroxyl groups excluding tert-OH is 1. The van der Waals surface area contributed by atoms with E-state index in [2.05, 4.69) is 19.9 Å². The van der Waals surface area contributed by atoms with Gasteiger partial charge in [0, 0.05) is 37.5 Å². The number of hydrogen-bond donors (Lipinski definition) is 1. The third-order valence-corrected chi connectivity index (χ3v) is 4.92. The summed E-state index contributed by atoms with van der Waals surface area (Å²) in [6, 6.07) is 0.765. The Balaban J connectivity index is 1.84. The van der Waals surface area contributed by atoms with E-state index in [4.69, 9.17) is 9.47 Å². The molecule has 0 aliphatic carbocycles. The molecule has 2 aromatic heterocycles. The standard InChI is InChI=1S/C18H19F3N6O4/c19-18(20,21)15-12(8-22-10-23-15)13-7-14(27-11(1-4-28)9-31-17(27)29)25-16(24-13)26-2-5-30-6-3-26/h7-8,10-11,28H,1-6,9H2/t11-/m0/s1. The molecule has 2 saturated heterocycles. The molecule has 0 unspecified atom stereocenters. The van der Waals surface area contributed by atoms with E-state index >= 15 is 0 Å². The monoisotopic (exact) mass is 440 g/mol. The predicted molar refractivity (Wildman–Crippen MR) is 100 cm³/mol. The Morgan fingerprint density at radius 2 is 2.00 bits per heavy atom. The predicted octanol–water partition coefficient (Wildman–Crippen LogP) is 1.50. The van der Waals surface area contributed by atoms with E-state index in [1.54, 1.807) is 4.90 Å². The zero-order valence-corrected chi connectivity index (χ0v) is 16.2. The van der Waals surface area contributed by atoms with E-state index in [1.165, 1.54) is 11.0 Å². The summed E-state index contributed by atoms with van der Waals surface area (Å²) in [5.41, 5.74) is -1.56. The number of halogens is 3. The number of carbonyl (C=O) groups is 1. The van der Waals surface area contributed by atoms with Crippen molar-refractivity contribution in [3.05, 3.63) is 24.3 Å². The summed E-state index contributed by atoms with van der Waals surface area (Å²) >= 11 is 0. The minimum atomic E-state index is -4.73. The quantitative estimate of drug-likeness (QED) is 0.739. The Kier molecular flexibility index (Phi) is 5.87. The second kappa shape index (κ2) is 8.59. The third-order valence-electron chi connectivity index (χ3n) is 4.92. The highest BCUT2D eigenvalue weighted by atomic mass is 19.4. The zero-order valence-electron chi connectivity index (χ0n) is 16.2. The molecule has 1 N–H and O–H groups in total. The number of alkyl halides is 3. The normalized spacial score (nSPS) is 19.6. The van der Waals surface area contributed by atoms with Crippen LogP contribution in [0.2, 0.25) is 0 Å². The number of ether oxygens (including phenoxy) is 2. The molecular weight excluding hydrogens is 421 g/mol. The van der Waals surface area contributed by atoms with Crippen LogP contribution in [0, 0.1) is 0 Å². The zero-order chi connectivity index (χ0) is 22.0. The van der Waals surface area contributed by atoms with Gasteiger partial charge >= 0.3 is 12.3 Å². The van der Waals surface area contributed by atoms with Crippen LogP contribution in [0.4, 0.5) is 29.7 Å². The summed E-state index contributed by atoms with van der Waals surface area (Å²) < 4.78 is 51.0. The van der Waals surface area contributed by atoms with Gasteiger partial charge in [0.2, 0.25) is 5.95 Å². The topological polar surface area (TPSA) is 114 Å². The van der Waals surface area contributed by atoms with Crippen molar-refractivity contribution < 1.29 is 32.5 Å². The van der Waals surface area contributed by atoms with Gasteiger partial charge in [-0.2, -0.15) is 18.2 Å². The van der Waals surface area contributed by atoms with Crippen LogP contribution in [0.1, 0.15) is 12.1 Å². The van der Waals surface area contributed by atoms with Crippen molar-refractivity contribution in [1.29, 1.82) is 0 Å². The van der Waals surface area contributed by atoms with Gasteiger partial charge in [0.05, 0.1) is 24.9 Å². The van der Waals surface area contributed by atoms with Crippen LogP contribution in [0.15, 0.2) is 18.6 Å². The van der Waals surface area contributed by atoms with Crippen molar-refractivity contribution in [2.75, 3.05) is 49.3 Å². The number of rotatable bonds is 5. The van der Waals surface area contributed by atoms with Crippen LogP contribution >= 0.6 is 0 Å². The Hall–Kier alpha value is -3.06. The first-order valence-corrected chi connectivity index (χ1v) is 9.54. The molecule has 0 radical (unpaired) electrons. The van der Waals surface area contributed by atoms with Crippen LogP contribution < -0.4 is 9.80 Å². The summed E-state index contributed by atoms with van der Waals surface area (Å²) in [6.45, 7) is 1.52. The van der Waals surface area contributed by atoms with Crippen molar-refractivity contribution in [3.8, 4) is 11.3 Å². The molecule has 10 nitrogen and oxygen atoms in total. The van der Waals surface area contributed by atoms with Crippen LogP contribution in [0.25, 0.3) is 11.3 Å². The maximum absolute atomic E-state index is 13.5. The molecule has 4 heterocycles. The Labute approximate surface area is 174 Å². The largest absolute Gasteiger partial charge is 0.447 e. The number of hydrogen-bond acceptors (Lipinski definition) is 9. The summed E-state index contributed by atoms with van der Waals surface area (Å²) in [5.74, 6) is 0.222. The fourth-order valence-corrected chi connectivity index (χ4v) is 3.43. The second-order valence-corrected chi connectivity index (χ2v) is 6.91. The second-order valence-electron chi connectivity index (χ2n) is 6.91. The average molecular weight is 440 g/mol. The summed E-state index contributed by atoms with van der Waals surface area (Å²) in [5, 5.41) is 9.30. The van der Waals surface area contributed by atoms with Gasteiger partial charge in [-0.15, -0.1) is 0 Å². The van der Waals surface area contributed by atoms with Crippen molar-refractivity contribution in [3.63, 3.8) is 0 Å². The fourth-order valence-electron chi connectivity index (χ4n) is 3.43. The number of nitrogens with zero attached hydrogens (tertiary/aromatic N) is 6. The Morgan fingerprint density at radius 3 is 2.71 bits per heavy atom. The first kappa shape index (κ1) is 21.2. The van der Waals surface area contributed by atoms with Crippen molar-refractivity contribution >= 4 is 17.9 Å². The fraction of sp³-hybridized carbons (Fsp3) is 0.500. The molecule has 166 valence electrons. The first-order valence-electron chi connectivity index (χ1n) is 9.54. The molecule has 0 bridgehead atoms. The van der Waals surface area contributed by atoms with E-state index in [9.17, 15) is 23.1 Å². The lowest BCUT2D eigenvalue weighted by Crippen LogP contribution is -2.39. The molecule has 2 aromatic rings. The number of carbonyl (C=O) groups excluding carboxylic acids is 1. The smallest absolute Gasteiger partial charge is 0.434 e. The number of morpholine rings is 1. The number of aromatic nitrogens is 4. The van der Waals surface area contributed by atoms with Crippen LogP contribution in [0.3, 0.4) is 0 Å². The molecule has 0 spiro atoms. The van der Waals surface area contributed by atoms with Gasteiger partial charge < -0.3 is 19.5 Å². The van der Waals surface area contributed by atoms with Gasteiger partial charge in [-0.3, -0.25) is 4.90 Å². The molecule has 0 saturated carbocycles. The van der Waals surface area contributed by atoms with Crippen LogP contribution in [-0.2, 0) is 15.7 Å². The Bertz CT molecular complexity index is 954. The summed E-state index contributed by atoms with van der Waals surface area (Å²) in [4.78, 5) is 31.2.